The van der Waals surface area contributed by atoms with E-state index >= 15 is 0 Å². The first-order valence-corrected chi connectivity index (χ1v) is 9.52. The first-order valence-electron chi connectivity index (χ1n) is 9.52. The lowest BCUT2D eigenvalue weighted by molar-refractivity contribution is -0.114. The Balaban J connectivity index is 1.88. The second-order valence-electron chi connectivity index (χ2n) is 6.75. The van der Waals surface area contributed by atoms with Gasteiger partial charge in [-0.05, 0) is 37.1 Å². The van der Waals surface area contributed by atoms with Gasteiger partial charge in [0.2, 0.25) is 0 Å². The average Bonchev–Trinajstić information content (AvgIpc) is 2.73. The molecule has 0 heterocycles. The number of methoxy groups -OCH3 is 2. The Labute approximate surface area is 161 Å². The summed E-state index contributed by atoms with van der Waals surface area (Å²) < 4.78 is 10.8. The summed E-state index contributed by atoms with van der Waals surface area (Å²) in [6.07, 6.45) is 9.16. The number of benzene rings is 2. The highest BCUT2D eigenvalue weighted by molar-refractivity contribution is 6.04. The van der Waals surface area contributed by atoms with Crippen LogP contribution < -0.4 is 14.4 Å². The third-order valence-corrected chi connectivity index (χ3v) is 5.05. The lowest BCUT2D eigenvalue weighted by Gasteiger charge is -2.33. The highest BCUT2D eigenvalue weighted by atomic mass is 16.5. The minimum atomic E-state index is -0.00188. The first kappa shape index (κ1) is 19.0. The summed E-state index contributed by atoms with van der Waals surface area (Å²) in [6.45, 7) is 0. The molecule has 4 heteroatoms. The molecule has 1 fully saturated rings. The minimum absolute atomic E-state index is 0.00188. The van der Waals surface area contributed by atoms with Gasteiger partial charge in [0.1, 0.15) is 0 Å². The molecule has 2 aromatic carbocycles. The molecule has 0 atom stereocenters. The fraction of sp³-hybridized carbons (Fsp3) is 0.348. The number of amides is 1. The monoisotopic (exact) mass is 365 g/mol. The van der Waals surface area contributed by atoms with Crippen LogP contribution in [0.1, 0.15) is 37.7 Å². The number of para-hydroxylation sites is 2. The van der Waals surface area contributed by atoms with E-state index in [-0.39, 0.29) is 11.9 Å². The van der Waals surface area contributed by atoms with Crippen molar-refractivity contribution in [3.63, 3.8) is 0 Å². The minimum Gasteiger partial charge on any atom is -0.493 e. The van der Waals surface area contributed by atoms with Gasteiger partial charge in [0.25, 0.3) is 5.91 Å². The largest absolute Gasteiger partial charge is 0.493 e. The van der Waals surface area contributed by atoms with Crippen molar-refractivity contribution < 1.29 is 14.3 Å². The molecule has 3 rings (SSSR count). The van der Waals surface area contributed by atoms with E-state index in [0.717, 1.165) is 24.1 Å². The number of hydrogen-bond acceptors (Lipinski definition) is 3. The summed E-state index contributed by atoms with van der Waals surface area (Å²) in [4.78, 5) is 15.1. The first-order chi connectivity index (χ1) is 13.2. The molecule has 0 radical (unpaired) electrons. The molecule has 0 bridgehead atoms. The summed E-state index contributed by atoms with van der Waals surface area (Å²) in [6, 6.07) is 15.9. The number of ether oxygens (including phenoxy) is 2. The van der Waals surface area contributed by atoms with E-state index in [9.17, 15) is 4.79 Å². The number of hydrogen-bond donors (Lipinski definition) is 0. The number of anilines is 1. The fourth-order valence-corrected chi connectivity index (χ4v) is 3.73. The Kier molecular flexibility index (Phi) is 6.53. The van der Waals surface area contributed by atoms with Gasteiger partial charge >= 0.3 is 0 Å². The van der Waals surface area contributed by atoms with E-state index in [2.05, 4.69) is 0 Å². The fourth-order valence-electron chi connectivity index (χ4n) is 3.73. The van der Waals surface area contributed by atoms with Crippen molar-refractivity contribution in [2.24, 2.45) is 0 Å². The molecule has 0 saturated heterocycles. The maximum absolute atomic E-state index is 13.1. The molecule has 0 aliphatic heterocycles. The van der Waals surface area contributed by atoms with Gasteiger partial charge < -0.3 is 14.4 Å². The lowest BCUT2D eigenvalue weighted by atomic mass is 9.93. The molecule has 1 saturated carbocycles. The van der Waals surface area contributed by atoms with Crippen molar-refractivity contribution in [3.8, 4) is 11.5 Å². The van der Waals surface area contributed by atoms with Crippen LogP contribution in [0.3, 0.4) is 0 Å². The van der Waals surface area contributed by atoms with Crippen molar-refractivity contribution in [1.29, 1.82) is 0 Å². The summed E-state index contributed by atoms with van der Waals surface area (Å²) in [5, 5.41) is 0. The van der Waals surface area contributed by atoms with E-state index in [1.165, 1.54) is 19.3 Å². The van der Waals surface area contributed by atoms with Crippen LogP contribution in [0.5, 0.6) is 11.5 Å². The molecule has 0 spiro atoms. The molecule has 1 aliphatic rings. The van der Waals surface area contributed by atoms with E-state index < -0.39 is 0 Å². The zero-order valence-corrected chi connectivity index (χ0v) is 16.1. The van der Waals surface area contributed by atoms with Gasteiger partial charge in [-0.3, -0.25) is 4.79 Å². The Morgan fingerprint density at radius 2 is 1.70 bits per heavy atom. The molecule has 142 valence electrons. The molecule has 0 N–H and O–H groups in total. The predicted octanol–water partition coefficient (Wildman–Crippen LogP) is 5.08. The summed E-state index contributed by atoms with van der Waals surface area (Å²) in [5.74, 6) is 1.28. The van der Waals surface area contributed by atoms with E-state index in [1.54, 1.807) is 20.3 Å². The van der Waals surface area contributed by atoms with E-state index in [1.807, 2.05) is 59.5 Å². The van der Waals surface area contributed by atoms with Crippen molar-refractivity contribution in [3.05, 3.63) is 60.2 Å². The van der Waals surface area contributed by atoms with E-state index in [4.69, 9.17) is 9.47 Å². The summed E-state index contributed by atoms with van der Waals surface area (Å²) in [5.41, 5.74) is 1.78. The SMILES string of the molecule is COc1cccc(/C=C/C(=O)N(c2ccccc2)C2CCCCC2)c1OC. The Morgan fingerprint density at radius 1 is 0.963 bits per heavy atom. The van der Waals surface area contributed by atoms with Gasteiger partial charge in [-0.2, -0.15) is 0 Å². The maximum atomic E-state index is 13.1. The molecule has 0 unspecified atom stereocenters. The quantitative estimate of drug-likeness (QED) is 0.670. The van der Waals surface area contributed by atoms with Crippen LogP contribution in [0.15, 0.2) is 54.6 Å². The smallest absolute Gasteiger partial charge is 0.251 e. The molecule has 27 heavy (non-hydrogen) atoms. The van der Waals surface area contributed by atoms with Gasteiger partial charge in [-0.25, -0.2) is 0 Å². The van der Waals surface area contributed by atoms with Crippen LogP contribution in [0.4, 0.5) is 5.69 Å². The molecule has 1 amide bonds. The Morgan fingerprint density at radius 3 is 2.37 bits per heavy atom. The third kappa shape index (κ3) is 4.51. The molecule has 1 aliphatic carbocycles. The molecule has 4 nitrogen and oxygen atoms in total. The number of nitrogens with zero attached hydrogens (tertiary/aromatic N) is 1. The predicted molar refractivity (Wildman–Crippen MR) is 109 cm³/mol. The second-order valence-corrected chi connectivity index (χ2v) is 6.75. The zero-order chi connectivity index (χ0) is 19.1. The maximum Gasteiger partial charge on any atom is 0.251 e. The highest BCUT2D eigenvalue weighted by Crippen LogP contribution is 2.32. The average molecular weight is 365 g/mol. The van der Waals surface area contributed by atoms with E-state index in [0.29, 0.717) is 11.5 Å². The van der Waals surface area contributed by atoms with Crippen molar-refractivity contribution >= 4 is 17.7 Å². The Hall–Kier alpha value is -2.75. The van der Waals surface area contributed by atoms with Crippen LogP contribution in [0.25, 0.3) is 6.08 Å². The number of rotatable bonds is 6. The highest BCUT2D eigenvalue weighted by Gasteiger charge is 2.25. The summed E-state index contributed by atoms with van der Waals surface area (Å²) in [7, 11) is 3.21. The van der Waals surface area contributed by atoms with Crippen molar-refractivity contribution in [2.75, 3.05) is 19.1 Å². The number of carbonyl (C=O) groups is 1. The van der Waals surface area contributed by atoms with Gasteiger partial charge in [0.15, 0.2) is 11.5 Å². The normalized spacial score (nSPS) is 14.9. The van der Waals surface area contributed by atoms with Gasteiger partial charge in [0, 0.05) is 23.4 Å². The van der Waals surface area contributed by atoms with Gasteiger partial charge in [-0.1, -0.05) is 49.6 Å². The molecule has 0 aromatic heterocycles. The van der Waals surface area contributed by atoms with Crippen LogP contribution in [-0.2, 0) is 4.79 Å². The standard InChI is InChI=1S/C23H27NO3/c1-26-21-15-9-10-18(23(21)27-2)16-17-22(25)24(19-11-5-3-6-12-19)20-13-7-4-8-14-20/h3,5-6,9-12,15-17,20H,4,7-8,13-14H2,1-2H3/b17-16+. The second kappa shape index (κ2) is 9.26. The van der Waals surface area contributed by atoms with Crippen molar-refractivity contribution in [1.82, 2.24) is 0 Å². The van der Waals surface area contributed by atoms with Crippen LogP contribution in [0.2, 0.25) is 0 Å². The third-order valence-electron chi connectivity index (χ3n) is 5.05. The van der Waals surface area contributed by atoms with Crippen LogP contribution in [0, 0.1) is 0 Å². The topological polar surface area (TPSA) is 38.8 Å². The summed E-state index contributed by atoms with van der Waals surface area (Å²) >= 11 is 0. The van der Waals surface area contributed by atoms with Crippen LogP contribution in [-0.4, -0.2) is 26.2 Å². The molecule has 2 aromatic rings. The van der Waals surface area contributed by atoms with Crippen LogP contribution >= 0.6 is 0 Å². The zero-order valence-electron chi connectivity index (χ0n) is 16.1. The number of carbonyl (C=O) groups excluding carboxylic acids is 1. The van der Waals surface area contributed by atoms with Crippen molar-refractivity contribution in [2.45, 2.75) is 38.1 Å². The van der Waals surface area contributed by atoms with Gasteiger partial charge in [-0.15, -0.1) is 0 Å². The molecular formula is C23H27NO3. The Bertz CT molecular complexity index is 779. The molecular weight excluding hydrogens is 338 g/mol. The van der Waals surface area contributed by atoms with Gasteiger partial charge in [0.05, 0.1) is 14.2 Å². The lowest BCUT2D eigenvalue weighted by Crippen LogP contribution is -2.40.